The van der Waals surface area contributed by atoms with Crippen molar-refractivity contribution in [3.05, 3.63) is 65.0 Å². The van der Waals surface area contributed by atoms with Crippen molar-refractivity contribution >= 4 is 11.9 Å². The number of hydrogen-bond donors (Lipinski definition) is 1. The van der Waals surface area contributed by atoms with E-state index in [-0.39, 0.29) is 19.1 Å². The summed E-state index contributed by atoms with van der Waals surface area (Å²) in [7, 11) is 0. The highest BCUT2D eigenvalue weighted by molar-refractivity contribution is 6.07. The Kier molecular flexibility index (Phi) is 4.68. The molecule has 0 bridgehead atoms. The largest absolute Gasteiger partial charge is 0.491 e. The van der Waals surface area contributed by atoms with Crippen LogP contribution in [0.3, 0.4) is 0 Å². The minimum Gasteiger partial charge on any atom is -0.491 e. The van der Waals surface area contributed by atoms with Crippen LogP contribution in [0, 0.1) is 19.7 Å². The van der Waals surface area contributed by atoms with Crippen molar-refractivity contribution in [2.45, 2.75) is 26.3 Å². The van der Waals surface area contributed by atoms with Gasteiger partial charge in [-0.2, -0.15) is 0 Å². The molecule has 3 amide bonds. The first-order chi connectivity index (χ1) is 12.3. The predicted octanol–water partition coefficient (Wildman–Crippen LogP) is 3.29. The third kappa shape index (κ3) is 3.27. The molecule has 2 aromatic rings. The van der Waals surface area contributed by atoms with Crippen molar-refractivity contribution in [1.82, 2.24) is 10.2 Å². The van der Waals surface area contributed by atoms with Gasteiger partial charge in [-0.25, -0.2) is 9.18 Å². The molecule has 1 atom stereocenters. The molecule has 1 heterocycles. The Hall–Kier alpha value is -2.89. The van der Waals surface area contributed by atoms with E-state index in [1.54, 1.807) is 6.92 Å². The van der Waals surface area contributed by atoms with Crippen molar-refractivity contribution in [3.8, 4) is 5.75 Å². The summed E-state index contributed by atoms with van der Waals surface area (Å²) in [5.41, 5.74) is 1.40. The molecule has 3 rings (SSSR count). The molecule has 5 nitrogen and oxygen atoms in total. The van der Waals surface area contributed by atoms with Crippen LogP contribution in [0.1, 0.15) is 23.6 Å². The molecule has 1 aliphatic rings. The number of ether oxygens (including phenoxy) is 1. The Labute approximate surface area is 151 Å². The lowest BCUT2D eigenvalue weighted by atomic mass is 9.92. The van der Waals surface area contributed by atoms with Gasteiger partial charge in [-0.3, -0.25) is 9.69 Å². The second-order valence-electron chi connectivity index (χ2n) is 6.64. The van der Waals surface area contributed by atoms with E-state index < -0.39 is 17.4 Å². The first-order valence-corrected chi connectivity index (χ1v) is 8.41. The van der Waals surface area contributed by atoms with Crippen molar-refractivity contribution in [2.24, 2.45) is 0 Å². The molecule has 136 valence electrons. The fourth-order valence-electron chi connectivity index (χ4n) is 2.99. The van der Waals surface area contributed by atoms with Gasteiger partial charge in [0.2, 0.25) is 0 Å². The SMILES string of the molecule is Cc1ccc(C)c(OCCN2C(=O)NC(C)(c3ccc(F)cc3)C2=O)c1. The molecule has 6 heteroatoms. The van der Waals surface area contributed by atoms with Crippen molar-refractivity contribution in [3.63, 3.8) is 0 Å². The Morgan fingerprint density at radius 1 is 1.12 bits per heavy atom. The number of amides is 3. The summed E-state index contributed by atoms with van der Waals surface area (Å²) in [4.78, 5) is 26.2. The molecular formula is C20H21FN2O3. The van der Waals surface area contributed by atoms with E-state index in [0.29, 0.717) is 5.56 Å². The maximum atomic E-state index is 13.1. The average Bonchev–Trinajstić information content (AvgIpc) is 2.82. The van der Waals surface area contributed by atoms with Crippen molar-refractivity contribution < 1.29 is 18.7 Å². The normalized spacial score (nSPS) is 19.6. The molecule has 1 saturated heterocycles. The van der Waals surface area contributed by atoms with Gasteiger partial charge in [0.05, 0.1) is 6.54 Å². The van der Waals surface area contributed by atoms with Crippen LogP contribution in [0.25, 0.3) is 0 Å². The molecule has 1 unspecified atom stereocenters. The number of nitrogens with one attached hydrogen (secondary N) is 1. The summed E-state index contributed by atoms with van der Waals surface area (Å²) < 4.78 is 18.9. The smallest absolute Gasteiger partial charge is 0.325 e. The van der Waals surface area contributed by atoms with Gasteiger partial charge in [0, 0.05) is 0 Å². The van der Waals surface area contributed by atoms with E-state index in [1.165, 1.54) is 24.3 Å². The summed E-state index contributed by atoms with van der Waals surface area (Å²) in [6.07, 6.45) is 0. The summed E-state index contributed by atoms with van der Waals surface area (Å²) in [6.45, 7) is 5.86. The standard InChI is InChI=1S/C20H21FN2O3/c1-13-4-5-14(2)17(12-13)26-11-10-23-18(24)20(3,22-19(23)25)15-6-8-16(21)9-7-15/h4-9,12H,10-11H2,1-3H3,(H,22,25). The molecule has 1 N–H and O–H groups in total. The minimum absolute atomic E-state index is 0.134. The minimum atomic E-state index is -1.20. The summed E-state index contributed by atoms with van der Waals surface area (Å²) >= 11 is 0. The number of carbonyl (C=O) groups is 2. The number of nitrogens with zero attached hydrogens (tertiary/aromatic N) is 1. The quantitative estimate of drug-likeness (QED) is 0.837. The van der Waals surface area contributed by atoms with Crippen molar-refractivity contribution in [2.75, 3.05) is 13.2 Å². The van der Waals surface area contributed by atoms with Crippen LogP contribution in [0.2, 0.25) is 0 Å². The number of carbonyl (C=O) groups excluding carboxylic acids is 2. The van der Waals surface area contributed by atoms with Crippen LogP contribution in [-0.2, 0) is 10.3 Å². The van der Waals surface area contributed by atoms with Gasteiger partial charge in [0.25, 0.3) is 5.91 Å². The summed E-state index contributed by atoms with van der Waals surface area (Å²) in [5, 5.41) is 2.69. The number of imide groups is 1. The van der Waals surface area contributed by atoms with E-state index in [1.807, 2.05) is 32.0 Å². The molecule has 26 heavy (non-hydrogen) atoms. The van der Waals surface area contributed by atoms with Crippen LogP contribution in [0.4, 0.5) is 9.18 Å². The molecular weight excluding hydrogens is 335 g/mol. The molecule has 0 saturated carbocycles. The maximum absolute atomic E-state index is 13.1. The lowest BCUT2D eigenvalue weighted by molar-refractivity contribution is -0.131. The first-order valence-electron chi connectivity index (χ1n) is 8.41. The highest BCUT2D eigenvalue weighted by Gasteiger charge is 2.48. The van der Waals surface area contributed by atoms with E-state index >= 15 is 0 Å². The zero-order valence-electron chi connectivity index (χ0n) is 15.0. The topological polar surface area (TPSA) is 58.6 Å². The number of rotatable bonds is 5. The predicted molar refractivity (Wildman–Crippen MR) is 95.4 cm³/mol. The second-order valence-corrected chi connectivity index (χ2v) is 6.64. The number of aryl methyl sites for hydroxylation is 2. The number of hydrogen-bond acceptors (Lipinski definition) is 3. The molecule has 1 fully saturated rings. The Bertz CT molecular complexity index is 851. The van der Waals surface area contributed by atoms with Gasteiger partial charge in [0.15, 0.2) is 0 Å². The zero-order chi connectivity index (χ0) is 18.9. The lowest BCUT2D eigenvalue weighted by Crippen LogP contribution is -2.41. The fraction of sp³-hybridized carbons (Fsp3) is 0.300. The average molecular weight is 356 g/mol. The summed E-state index contributed by atoms with van der Waals surface area (Å²) in [6, 6.07) is 10.9. The monoisotopic (exact) mass is 356 g/mol. The number of urea groups is 1. The third-order valence-electron chi connectivity index (χ3n) is 4.61. The highest BCUT2D eigenvalue weighted by Crippen LogP contribution is 2.29. The highest BCUT2D eigenvalue weighted by atomic mass is 19.1. The maximum Gasteiger partial charge on any atom is 0.325 e. The number of benzene rings is 2. The van der Waals surface area contributed by atoms with Gasteiger partial charge < -0.3 is 10.1 Å². The number of halogens is 1. The molecule has 1 aliphatic heterocycles. The Balaban J connectivity index is 1.69. The first kappa shape index (κ1) is 17.9. The molecule has 0 aromatic heterocycles. The molecule has 0 radical (unpaired) electrons. The van der Waals surface area contributed by atoms with Gasteiger partial charge in [0.1, 0.15) is 23.7 Å². The van der Waals surface area contributed by atoms with Gasteiger partial charge in [-0.1, -0.05) is 24.3 Å². The summed E-state index contributed by atoms with van der Waals surface area (Å²) in [5.74, 6) is -0.0371. The third-order valence-corrected chi connectivity index (χ3v) is 4.61. The van der Waals surface area contributed by atoms with Gasteiger partial charge in [-0.15, -0.1) is 0 Å². The van der Waals surface area contributed by atoms with E-state index in [9.17, 15) is 14.0 Å². The van der Waals surface area contributed by atoms with E-state index in [4.69, 9.17) is 4.74 Å². The molecule has 0 spiro atoms. The lowest BCUT2D eigenvalue weighted by Gasteiger charge is -2.22. The van der Waals surface area contributed by atoms with E-state index in [0.717, 1.165) is 21.8 Å². The Morgan fingerprint density at radius 3 is 2.50 bits per heavy atom. The van der Waals surface area contributed by atoms with Crippen LogP contribution in [-0.4, -0.2) is 30.0 Å². The molecule has 0 aliphatic carbocycles. The molecule has 2 aromatic carbocycles. The zero-order valence-corrected chi connectivity index (χ0v) is 15.0. The van der Waals surface area contributed by atoms with Crippen LogP contribution >= 0.6 is 0 Å². The fourth-order valence-corrected chi connectivity index (χ4v) is 2.99. The van der Waals surface area contributed by atoms with Crippen LogP contribution in [0.5, 0.6) is 5.75 Å². The van der Waals surface area contributed by atoms with Gasteiger partial charge >= 0.3 is 6.03 Å². The van der Waals surface area contributed by atoms with Gasteiger partial charge in [-0.05, 0) is 55.7 Å². The second kappa shape index (κ2) is 6.78. The Morgan fingerprint density at radius 2 is 1.81 bits per heavy atom. The van der Waals surface area contributed by atoms with E-state index in [2.05, 4.69) is 5.32 Å². The van der Waals surface area contributed by atoms with Crippen molar-refractivity contribution in [1.29, 1.82) is 0 Å². The van der Waals surface area contributed by atoms with Crippen LogP contribution in [0.15, 0.2) is 42.5 Å². The van der Waals surface area contributed by atoms with Crippen LogP contribution < -0.4 is 10.1 Å².